The van der Waals surface area contributed by atoms with Gasteiger partial charge in [-0.25, -0.2) is 4.79 Å². The summed E-state index contributed by atoms with van der Waals surface area (Å²) in [5, 5.41) is 11.9. The highest BCUT2D eigenvalue weighted by molar-refractivity contribution is 7.15. The van der Waals surface area contributed by atoms with Crippen LogP contribution in [0.25, 0.3) is 0 Å². The third-order valence-electron chi connectivity index (χ3n) is 4.45. The van der Waals surface area contributed by atoms with E-state index in [9.17, 15) is 9.59 Å². The minimum atomic E-state index is -0.972. The Hall–Kier alpha value is -1.36. The first-order chi connectivity index (χ1) is 9.65. The van der Waals surface area contributed by atoms with E-state index in [-0.39, 0.29) is 10.8 Å². The molecule has 0 radical (unpaired) electrons. The van der Waals surface area contributed by atoms with Crippen LogP contribution in [0.3, 0.4) is 0 Å². The second kappa shape index (κ2) is 5.56. The van der Waals surface area contributed by atoms with Gasteiger partial charge in [0.1, 0.15) is 4.88 Å². The van der Waals surface area contributed by atoms with Crippen molar-refractivity contribution in [3.8, 4) is 0 Å². The molecule has 0 aliphatic heterocycles. The predicted octanol–water partition coefficient (Wildman–Crippen LogP) is 3.14. The summed E-state index contributed by atoms with van der Waals surface area (Å²) in [5.74, 6) is 0.344. The fourth-order valence-corrected chi connectivity index (χ4v) is 4.03. The lowest BCUT2D eigenvalue weighted by Gasteiger charge is -2.21. The van der Waals surface area contributed by atoms with Gasteiger partial charge in [-0.1, -0.05) is 32.1 Å². The summed E-state index contributed by atoms with van der Waals surface area (Å²) < 4.78 is 0. The number of carbonyl (C=O) groups excluding carboxylic acids is 1. The molecular weight excluding hydrogens is 274 g/mol. The molecule has 1 aromatic rings. The molecule has 2 atom stereocenters. The minimum Gasteiger partial charge on any atom is -0.477 e. The maximum absolute atomic E-state index is 12.1. The Labute approximate surface area is 122 Å². The molecule has 4 nitrogen and oxygen atoms in total. The van der Waals surface area contributed by atoms with Gasteiger partial charge >= 0.3 is 5.97 Å². The maximum atomic E-state index is 12.1. The van der Waals surface area contributed by atoms with Crippen molar-refractivity contribution >= 4 is 23.2 Å². The molecule has 2 fully saturated rings. The SMILES string of the molecule is O=C(O)c1ccc(C(=O)NC2CC2C2CCCCC2)s1. The number of rotatable bonds is 4. The van der Waals surface area contributed by atoms with E-state index in [2.05, 4.69) is 5.32 Å². The van der Waals surface area contributed by atoms with E-state index in [1.165, 1.54) is 38.2 Å². The summed E-state index contributed by atoms with van der Waals surface area (Å²) in [5.41, 5.74) is 0. The second-order valence-corrected chi connectivity index (χ2v) is 6.93. The molecule has 0 saturated heterocycles. The van der Waals surface area contributed by atoms with Crippen LogP contribution in [0, 0.1) is 11.8 Å². The molecule has 1 aromatic heterocycles. The van der Waals surface area contributed by atoms with Gasteiger partial charge in [0.2, 0.25) is 0 Å². The fraction of sp³-hybridized carbons (Fsp3) is 0.600. The van der Waals surface area contributed by atoms with Gasteiger partial charge in [-0.15, -0.1) is 11.3 Å². The van der Waals surface area contributed by atoms with Gasteiger partial charge in [0.15, 0.2) is 0 Å². The zero-order chi connectivity index (χ0) is 14.1. The smallest absolute Gasteiger partial charge is 0.345 e. The molecule has 1 amide bonds. The van der Waals surface area contributed by atoms with Gasteiger partial charge in [-0.05, 0) is 30.4 Å². The summed E-state index contributed by atoms with van der Waals surface area (Å²) >= 11 is 1.04. The van der Waals surface area contributed by atoms with Gasteiger partial charge in [-0.2, -0.15) is 0 Å². The molecule has 1 heterocycles. The van der Waals surface area contributed by atoms with Crippen LogP contribution in [0.1, 0.15) is 57.9 Å². The van der Waals surface area contributed by atoms with Crippen LogP contribution in [-0.4, -0.2) is 23.0 Å². The molecule has 2 aliphatic carbocycles. The van der Waals surface area contributed by atoms with E-state index in [1.807, 2.05) is 0 Å². The third kappa shape index (κ3) is 2.87. The van der Waals surface area contributed by atoms with Gasteiger partial charge in [0.25, 0.3) is 5.91 Å². The molecular formula is C15H19NO3S. The average molecular weight is 293 g/mol. The summed E-state index contributed by atoms with van der Waals surface area (Å²) in [7, 11) is 0. The van der Waals surface area contributed by atoms with Crippen molar-refractivity contribution in [3.63, 3.8) is 0 Å². The van der Waals surface area contributed by atoms with Crippen LogP contribution in [0.2, 0.25) is 0 Å². The Balaban J connectivity index is 1.53. The summed E-state index contributed by atoms with van der Waals surface area (Å²) in [4.78, 5) is 23.6. The third-order valence-corrected chi connectivity index (χ3v) is 5.52. The molecule has 20 heavy (non-hydrogen) atoms. The Bertz CT molecular complexity index is 519. The van der Waals surface area contributed by atoms with Crippen molar-refractivity contribution in [3.05, 3.63) is 21.9 Å². The molecule has 0 spiro atoms. The van der Waals surface area contributed by atoms with Crippen molar-refractivity contribution in [1.82, 2.24) is 5.32 Å². The molecule has 0 aromatic carbocycles. The number of hydrogen-bond acceptors (Lipinski definition) is 3. The van der Waals surface area contributed by atoms with Crippen molar-refractivity contribution in [2.24, 2.45) is 11.8 Å². The first-order valence-corrected chi connectivity index (χ1v) is 8.11. The first kappa shape index (κ1) is 13.6. The fourth-order valence-electron chi connectivity index (χ4n) is 3.28. The molecule has 5 heteroatoms. The van der Waals surface area contributed by atoms with Crippen molar-refractivity contribution in [2.45, 2.75) is 44.6 Å². The number of carboxylic acid groups (broad SMARTS) is 1. The first-order valence-electron chi connectivity index (χ1n) is 7.29. The van der Waals surface area contributed by atoms with Crippen LogP contribution < -0.4 is 5.32 Å². The van der Waals surface area contributed by atoms with Crippen LogP contribution in [0.5, 0.6) is 0 Å². The topological polar surface area (TPSA) is 66.4 Å². The van der Waals surface area contributed by atoms with Crippen molar-refractivity contribution in [1.29, 1.82) is 0 Å². The van der Waals surface area contributed by atoms with Crippen LogP contribution in [0.4, 0.5) is 0 Å². The van der Waals surface area contributed by atoms with Gasteiger partial charge in [0.05, 0.1) is 4.88 Å². The number of carbonyl (C=O) groups is 2. The number of amides is 1. The van der Waals surface area contributed by atoms with Crippen LogP contribution >= 0.6 is 11.3 Å². The Morgan fingerprint density at radius 3 is 2.50 bits per heavy atom. The Kier molecular flexibility index (Phi) is 3.78. The molecule has 0 bridgehead atoms. The lowest BCUT2D eigenvalue weighted by molar-refractivity contribution is 0.0702. The van der Waals surface area contributed by atoms with E-state index in [0.29, 0.717) is 16.8 Å². The second-order valence-electron chi connectivity index (χ2n) is 5.85. The van der Waals surface area contributed by atoms with Crippen LogP contribution in [0.15, 0.2) is 12.1 Å². The van der Waals surface area contributed by atoms with Gasteiger partial charge in [0, 0.05) is 6.04 Å². The van der Waals surface area contributed by atoms with E-state index < -0.39 is 5.97 Å². The summed E-state index contributed by atoms with van der Waals surface area (Å²) in [6.07, 6.45) is 7.71. The monoisotopic (exact) mass is 293 g/mol. The number of aromatic carboxylic acids is 1. The molecule has 2 unspecified atom stereocenters. The normalized spacial score (nSPS) is 26.2. The van der Waals surface area contributed by atoms with E-state index in [1.54, 1.807) is 6.07 Å². The Morgan fingerprint density at radius 2 is 1.85 bits per heavy atom. The minimum absolute atomic E-state index is 0.120. The van der Waals surface area contributed by atoms with Gasteiger partial charge < -0.3 is 10.4 Å². The Morgan fingerprint density at radius 1 is 1.15 bits per heavy atom. The highest BCUT2D eigenvalue weighted by Gasteiger charge is 2.43. The number of thiophene rings is 1. The highest BCUT2D eigenvalue weighted by Crippen LogP contribution is 2.44. The quantitative estimate of drug-likeness (QED) is 0.896. The summed E-state index contributed by atoms with van der Waals surface area (Å²) in [6.45, 7) is 0. The molecule has 2 aliphatic rings. The summed E-state index contributed by atoms with van der Waals surface area (Å²) in [6, 6.07) is 3.40. The zero-order valence-corrected chi connectivity index (χ0v) is 12.1. The largest absolute Gasteiger partial charge is 0.477 e. The highest BCUT2D eigenvalue weighted by atomic mass is 32.1. The maximum Gasteiger partial charge on any atom is 0.345 e. The molecule has 2 saturated carbocycles. The number of carboxylic acids is 1. The van der Waals surface area contributed by atoms with Crippen molar-refractivity contribution in [2.75, 3.05) is 0 Å². The van der Waals surface area contributed by atoms with Crippen LogP contribution in [-0.2, 0) is 0 Å². The van der Waals surface area contributed by atoms with Gasteiger partial charge in [-0.3, -0.25) is 4.79 Å². The van der Waals surface area contributed by atoms with E-state index >= 15 is 0 Å². The average Bonchev–Trinajstić information content (AvgIpc) is 3.02. The molecule has 2 N–H and O–H groups in total. The number of hydrogen-bond donors (Lipinski definition) is 2. The van der Waals surface area contributed by atoms with E-state index in [0.717, 1.165) is 23.7 Å². The lowest BCUT2D eigenvalue weighted by Crippen LogP contribution is -2.27. The predicted molar refractivity (Wildman–Crippen MR) is 77.2 cm³/mol. The van der Waals surface area contributed by atoms with E-state index in [4.69, 9.17) is 5.11 Å². The molecule has 108 valence electrons. The lowest BCUT2D eigenvalue weighted by atomic mass is 9.85. The zero-order valence-electron chi connectivity index (χ0n) is 11.3. The molecule has 3 rings (SSSR count). The van der Waals surface area contributed by atoms with Crippen molar-refractivity contribution < 1.29 is 14.7 Å². The standard InChI is InChI=1S/C15H19NO3S/c17-14(12-6-7-13(20-12)15(18)19)16-11-8-10(11)9-4-2-1-3-5-9/h6-7,9-11H,1-5,8H2,(H,16,17)(H,18,19). The number of nitrogens with one attached hydrogen (secondary N) is 1.